The smallest absolute Gasteiger partial charge is 0.171 e. The van der Waals surface area contributed by atoms with Gasteiger partial charge in [0.25, 0.3) is 0 Å². The Morgan fingerprint density at radius 3 is 1.81 bits per heavy atom. The lowest BCUT2D eigenvalue weighted by Gasteiger charge is -2.15. The van der Waals surface area contributed by atoms with Crippen molar-refractivity contribution in [2.24, 2.45) is 0 Å². The normalized spacial score (nSPS) is 11.8. The van der Waals surface area contributed by atoms with E-state index >= 15 is 0 Å². The third-order valence-corrected chi connectivity index (χ3v) is 9.06. The average molecular weight is 615 g/mol. The summed E-state index contributed by atoms with van der Waals surface area (Å²) in [5.41, 5.74) is 0. The van der Waals surface area contributed by atoms with Crippen molar-refractivity contribution >= 4 is 48.0 Å². The Balaban J connectivity index is 0.000000320. The molecule has 0 atom stereocenters. The molecule has 32 heavy (non-hydrogen) atoms. The number of rotatable bonds is 12. The summed E-state index contributed by atoms with van der Waals surface area (Å²) in [6.07, 6.45) is 3.49. The van der Waals surface area contributed by atoms with Gasteiger partial charge in [0.15, 0.2) is 16.1 Å². The molecule has 0 bridgehead atoms. The lowest BCUT2D eigenvalue weighted by atomic mass is 10.7. The van der Waals surface area contributed by atoms with Crippen molar-refractivity contribution in [1.29, 1.82) is 0 Å². The Morgan fingerprint density at radius 2 is 1.38 bits per heavy atom. The van der Waals surface area contributed by atoms with Crippen LogP contribution in [-0.4, -0.2) is 63.1 Å². The van der Waals surface area contributed by atoms with Crippen LogP contribution in [0.2, 0.25) is 51.4 Å². The SMILES string of the molecule is COc1cn(COCC[Si](C)(C)C)nc1Br.COc1cnn(COCC[Si](C)(C)C)c1Br. The number of aromatic nitrogens is 4. The first-order valence-electron chi connectivity index (χ1n) is 10.5. The first kappa shape index (κ1) is 29.4. The van der Waals surface area contributed by atoms with E-state index in [1.807, 2.05) is 6.20 Å². The van der Waals surface area contributed by atoms with Gasteiger partial charge in [0.05, 0.1) is 26.6 Å². The van der Waals surface area contributed by atoms with Crippen LogP contribution < -0.4 is 9.47 Å². The molecule has 0 spiro atoms. The molecule has 0 saturated heterocycles. The molecule has 2 rings (SSSR count). The largest absolute Gasteiger partial charge is 0.492 e. The standard InChI is InChI=1S/2C10H19BrN2O2Si/c1-14-9-7-13(12-10(9)11)8-15-5-6-16(2,3)4;1-14-9-7-12-13(10(9)11)8-15-5-6-16(2,3)4/h2*7H,5-6,8H2,1-4H3. The van der Waals surface area contributed by atoms with Crippen LogP contribution in [0.25, 0.3) is 0 Å². The van der Waals surface area contributed by atoms with Crippen molar-refractivity contribution in [2.45, 2.75) is 64.8 Å². The van der Waals surface area contributed by atoms with E-state index in [2.05, 4.69) is 81.3 Å². The third-order valence-electron chi connectivity index (χ3n) is 4.30. The van der Waals surface area contributed by atoms with Gasteiger partial charge < -0.3 is 18.9 Å². The molecule has 2 aromatic heterocycles. The van der Waals surface area contributed by atoms with Gasteiger partial charge >= 0.3 is 0 Å². The first-order chi connectivity index (χ1) is 14.9. The number of hydrogen-bond donors (Lipinski definition) is 0. The summed E-state index contributed by atoms with van der Waals surface area (Å²) in [5.74, 6) is 1.46. The van der Waals surface area contributed by atoms with Crippen LogP contribution in [0.5, 0.6) is 11.5 Å². The molecule has 0 saturated carbocycles. The Morgan fingerprint density at radius 1 is 0.844 bits per heavy atom. The Kier molecular flexibility index (Phi) is 12.8. The van der Waals surface area contributed by atoms with Gasteiger partial charge in [0.2, 0.25) is 0 Å². The van der Waals surface area contributed by atoms with Crippen molar-refractivity contribution < 1.29 is 18.9 Å². The summed E-state index contributed by atoms with van der Waals surface area (Å²) in [6, 6.07) is 2.34. The van der Waals surface area contributed by atoms with E-state index in [1.54, 1.807) is 29.8 Å². The maximum atomic E-state index is 5.58. The van der Waals surface area contributed by atoms with Gasteiger partial charge in [-0.25, -0.2) is 9.36 Å². The fourth-order valence-corrected chi connectivity index (χ4v) is 4.67. The maximum absolute atomic E-state index is 5.58. The zero-order valence-electron chi connectivity index (χ0n) is 20.6. The molecule has 0 amide bonds. The Bertz CT molecular complexity index is 803. The summed E-state index contributed by atoms with van der Waals surface area (Å²) in [7, 11) is 1.25. The predicted octanol–water partition coefficient (Wildman–Crippen LogP) is 5.93. The highest BCUT2D eigenvalue weighted by Gasteiger charge is 2.13. The number of hydrogen-bond acceptors (Lipinski definition) is 6. The van der Waals surface area contributed by atoms with E-state index in [0.29, 0.717) is 18.1 Å². The molecule has 12 heteroatoms. The second kappa shape index (κ2) is 13.9. The van der Waals surface area contributed by atoms with E-state index < -0.39 is 16.1 Å². The summed E-state index contributed by atoms with van der Waals surface area (Å²) in [5, 5.41) is 8.36. The van der Waals surface area contributed by atoms with Crippen LogP contribution in [0.4, 0.5) is 0 Å². The molecule has 0 fully saturated rings. The molecular formula is C20H38Br2N4O4Si2. The Labute approximate surface area is 211 Å². The van der Waals surface area contributed by atoms with Gasteiger partial charge in [-0.1, -0.05) is 39.3 Å². The third kappa shape index (κ3) is 12.0. The predicted molar refractivity (Wildman–Crippen MR) is 141 cm³/mol. The van der Waals surface area contributed by atoms with Gasteiger partial charge in [0.1, 0.15) is 18.1 Å². The zero-order valence-corrected chi connectivity index (χ0v) is 25.7. The molecule has 0 aliphatic heterocycles. The quantitative estimate of drug-likeness (QED) is 0.218. The fraction of sp³-hybridized carbons (Fsp3) is 0.700. The molecule has 184 valence electrons. The number of ether oxygens (including phenoxy) is 4. The lowest BCUT2D eigenvalue weighted by molar-refractivity contribution is 0.0767. The molecule has 2 heterocycles. The van der Waals surface area contributed by atoms with E-state index in [1.165, 1.54) is 12.1 Å². The van der Waals surface area contributed by atoms with Gasteiger partial charge in [-0.15, -0.1) is 0 Å². The van der Waals surface area contributed by atoms with Crippen LogP contribution in [0, 0.1) is 0 Å². The molecule has 8 nitrogen and oxygen atoms in total. The first-order valence-corrected chi connectivity index (χ1v) is 19.5. The topological polar surface area (TPSA) is 72.6 Å². The van der Waals surface area contributed by atoms with Gasteiger partial charge in [-0.05, 0) is 43.9 Å². The second-order valence-corrected chi connectivity index (χ2v) is 22.5. The molecular weight excluding hydrogens is 576 g/mol. The van der Waals surface area contributed by atoms with Gasteiger partial charge in [-0.3, -0.25) is 0 Å². The molecule has 2 aromatic rings. The minimum atomic E-state index is -1.00. The number of halogens is 2. The van der Waals surface area contributed by atoms with E-state index in [0.717, 1.165) is 29.3 Å². The maximum Gasteiger partial charge on any atom is 0.171 e. The van der Waals surface area contributed by atoms with Crippen molar-refractivity contribution in [3.05, 3.63) is 21.6 Å². The van der Waals surface area contributed by atoms with Crippen LogP contribution in [0.3, 0.4) is 0 Å². The second-order valence-electron chi connectivity index (χ2n) is 9.73. The minimum absolute atomic E-state index is 0.467. The Hall–Kier alpha value is -0.666. The highest BCUT2D eigenvalue weighted by atomic mass is 79.9. The minimum Gasteiger partial charge on any atom is -0.492 e. The molecule has 0 aliphatic rings. The molecule has 0 radical (unpaired) electrons. The van der Waals surface area contributed by atoms with Crippen molar-refractivity contribution in [2.75, 3.05) is 27.4 Å². The van der Waals surface area contributed by atoms with E-state index in [4.69, 9.17) is 18.9 Å². The van der Waals surface area contributed by atoms with Gasteiger partial charge in [-0.2, -0.15) is 10.2 Å². The van der Waals surface area contributed by atoms with Gasteiger partial charge in [0, 0.05) is 29.4 Å². The summed E-state index contributed by atoms with van der Waals surface area (Å²) >= 11 is 6.72. The van der Waals surface area contributed by atoms with Crippen LogP contribution in [0.15, 0.2) is 21.6 Å². The summed E-state index contributed by atoms with van der Waals surface area (Å²) in [6.45, 7) is 16.6. The molecule has 0 aromatic carbocycles. The zero-order chi connectivity index (χ0) is 24.4. The van der Waals surface area contributed by atoms with E-state index in [9.17, 15) is 0 Å². The lowest BCUT2D eigenvalue weighted by Crippen LogP contribution is -2.22. The van der Waals surface area contributed by atoms with E-state index in [-0.39, 0.29) is 0 Å². The monoisotopic (exact) mass is 612 g/mol. The van der Waals surface area contributed by atoms with Crippen molar-refractivity contribution in [1.82, 2.24) is 19.6 Å². The number of nitrogens with zero attached hydrogens (tertiary/aromatic N) is 4. The van der Waals surface area contributed by atoms with Crippen LogP contribution in [0.1, 0.15) is 0 Å². The highest BCUT2D eigenvalue weighted by Crippen LogP contribution is 2.24. The fourth-order valence-electron chi connectivity index (χ4n) is 2.23. The molecule has 0 N–H and O–H groups in total. The molecule has 0 unspecified atom stereocenters. The van der Waals surface area contributed by atoms with Crippen LogP contribution >= 0.6 is 31.9 Å². The number of methoxy groups -OCH3 is 2. The summed E-state index contributed by atoms with van der Waals surface area (Å²) in [4.78, 5) is 0. The van der Waals surface area contributed by atoms with Crippen molar-refractivity contribution in [3.63, 3.8) is 0 Å². The molecule has 0 aliphatic carbocycles. The average Bonchev–Trinajstić information content (AvgIpc) is 3.23. The summed E-state index contributed by atoms with van der Waals surface area (Å²) < 4.78 is 26.4. The van der Waals surface area contributed by atoms with Crippen LogP contribution in [-0.2, 0) is 22.9 Å². The highest BCUT2D eigenvalue weighted by molar-refractivity contribution is 9.10. The van der Waals surface area contributed by atoms with Crippen molar-refractivity contribution in [3.8, 4) is 11.5 Å².